The van der Waals surface area contributed by atoms with Crippen LogP contribution in [0.4, 0.5) is 11.4 Å². The second-order valence-electron chi connectivity index (χ2n) is 9.29. The molecule has 1 N–H and O–H groups in total. The standard InChI is InChI=1S/C29H34N4O7S/c1-4-5-18-30-29(35)22(2)31(20-23-14-16-26(40-3)17-15-23)28(34)21-32(24-10-9-11-25(19-24)33(36)37)41(38,39)27-12-7-6-8-13-27/h6-17,19,22H,4-5,18,20-21H2,1-3H3,(H,30,35). The van der Waals surface area contributed by atoms with E-state index in [0.29, 0.717) is 17.9 Å². The number of nitro groups is 1. The van der Waals surface area contributed by atoms with Gasteiger partial charge in [0, 0.05) is 25.2 Å². The van der Waals surface area contributed by atoms with E-state index in [1.165, 1.54) is 42.3 Å². The number of unbranched alkanes of at least 4 members (excludes halogenated alkanes) is 1. The molecule has 0 spiro atoms. The number of anilines is 1. The molecule has 0 aliphatic heterocycles. The van der Waals surface area contributed by atoms with Gasteiger partial charge in [-0.1, -0.05) is 49.7 Å². The summed E-state index contributed by atoms with van der Waals surface area (Å²) in [6.07, 6.45) is 1.64. The zero-order valence-electron chi connectivity index (χ0n) is 23.2. The first-order valence-corrected chi connectivity index (χ1v) is 14.5. The van der Waals surface area contributed by atoms with Crippen LogP contribution < -0.4 is 14.4 Å². The van der Waals surface area contributed by atoms with Crippen LogP contribution in [0, 0.1) is 10.1 Å². The summed E-state index contributed by atoms with van der Waals surface area (Å²) in [6, 6.07) is 18.6. The summed E-state index contributed by atoms with van der Waals surface area (Å²) in [6.45, 7) is 3.32. The number of carbonyl (C=O) groups excluding carboxylic acids is 2. The Morgan fingerprint density at radius 3 is 2.32 bits per heavy atom. The topological polar surface area (TPSA) is 139 Å². The van der Waals surface area contributed by atoms with Crippen LogP contribution >= 0.6 is 0 Å². The van der Waals surface area contributed by atoms with Crippen molar-refractivity contribution in [2.45, 2.75) is 44.2 Å². The van der Waals surface area contributed by atoms with Gasteiger partial charge in [0.05, 0.1) is 22.6 Å². The normalized spacial score (nSPS) is 11.8. The number of nitro benzene ring substituents is 1. The number of benzene rings is 3. The fourth-order valence-electron chi connectivity index (χ4n) is 4.06. The van der Waals surface area contributed by atoms with Crippen LogP contribution in [0.1, 0.15) is 32.3 Å². The molecule has 218 valence electrons. The summed E-state index contributed by atoms with van der Waals surface area (Å²) in [7, 11) is -2.79. The van der Waals surface area contributed by atoms with Crippen molar-refractivity contribution in [3.63, 3.8) is 0 Å². The van der Waals surface area contributed by atoms with Gasteiger partial charge in [-0.2, -0.15) is 0 Å². The van der Waals surface area contributed by atoms with Crippen molar-refractivity contribution in [3.8, 4) is 5.75 Å². The molecular weight excluding hydrogens is 548 g/mol. The molecule has 2 amide bonds. The maximum absolute atomic E-state index is 13.9. The highest BCUT2D eigenvalue weighted by Gasteiger charge is 2.33. The Bertz CT molecular complexity index is 1450. The number of carbonyl (C=O) groups is 2. The summed E-state index contributed by atoms with van der Waals surface area (Å²) in [4.78, 5) is 38.9. The van der Waals surface area contributed by atoms with E-state index in [0.717, 1.165) is 23.2 Å². The molecule has 0 aromatic heterocycles. The molecule has 3 aromatic rings. The molecule has 41 heavy (non-hydrogen) atoms. The van der Waals surface area contributed by atoms with Crippen LogP contribution in [0.25, 0.3) is 0 Å². The van der Waals surface area contributed by atoms with Crippen LogP contribution in [0.3, 0.4) is 0 Å². The lowest BCUT2D eigenvalue weighted by Crippen LogP contribution is -2.51. The second-order valence-corrected chi connectivity index (χ2v) is 11.2. The van der Waals surface area contributed by atoms with E-state index < -0.39 is 33.4 Å². The highest BCUT2D eigenvalue weighted by atomic mass is 32.2. The minimum absolute atomic E-state index is 0.0132. The van der Waals surface area contributed by atoms with Gasteiger partial charge in [0.25, 0.3) is 15.7 Å². The number of ether oxygens (including phenoxy) is 1. The first-order valence-electron chi connectivity index (χ1n) is 13.1. The third kappa shape index (κ3) is 8.04. The van der Waals surface area contributed by atoms with Crippen LogP contribution in [0.5, 0.6) is 5.75 Å². The molecular formula is C29H34N4O7S. The summed E-state index contributed by atoms with van der Waals surface area (Å²) >= 11 is 0. The molecule has 1 unspecified atom stereocenters. The number of amides is 2. The van der Waals surface area contributed by atoms with Crippen molar-refractivity contribution >= 4 is 33.2 Å². The fraction of sp³-hybridized carbons (Fsp3) is 0.310. The number of nitrogens with zero attached hydrogens (tertiary/aromatic N) is 3. The summed E-state index contributed by atoms with van der Waals surface area (Å²) in [5, 5.41) is 14.3. The Morgan fingerprint density at radius 1 is 1.02 bits per heavy atom. The molecule has 0 fully saturated rings. The van der Waals surface area contributed by atoms with E-state index in [1.54, 1.807) is 49.4 Å². The van der Waals surface area contributed by atoms with E-state index in [-0.39, 0.29) is 28.7 Å². The van der Waals surface area contributed by atoms with Gasteiger partial charge in [-0.25, -0.2) is 8.42 Å². The van der Waals surface area contributed by atoms with Crippen molar-refractivity contribution in [3.05, 3.63) is 94.5 Å². The Hall–Kier alpha value is -4.45. The highest BCUT2D eigenvalue weighted by Crippen LogP contribution is 2.27. The predicted molar refractivity (Wildman–Crippen MR) is 155 cm³/mol. The third-order valence-electron chi connectivity index (χ3n) is 6.45. The minimum atomic E-state index is -4.32. The number of methoxy groups -OCH3 is 1. The van der Waals surface area contributed by atoms with Crippen molar-refractivity contribution < 1.29 is 27.7 Å². The summed E-state index contributed by atoms with van der Waals surface area (Å²) in [5.74, 6) is -0.430. The van der Waals surface area contributed by atoms with Gasteiger partial charge in [0.1, 0.15) is 18.3 Å². The average molecular weight is 583 g/mol. The monoisotopic (exact) mass is 582 g/mol. The third-order valence-corrected chi connectivity index (χ3v) is 8.24. The van der Waals surface area contributed by atoms with Crippen LogP contribution in [0.15, 0.2) is 83.8 Å². The molecule has 3 aromatic carbocycles. The fourth-order valence-corrected chi connectivity index (χ4v) is 5.48. The Balaban J connectivity index is 2.02. The lowest BCUT2D eigenvalue weighted by atomic mass is 10.1. The van der Waals surface area contributed by atoms with Gasteiger partial charge in [-0.05, 0) is 49.2 Å². The number of non-ortho nitro benzene ring substituents is 1. The van der Waals surface area contributed by atoms with Gasteiger partial charge in [0.2, 0.25) is 11.8 Å². The van der Waals surface area contributed by atoms with Crippen molar-refractivity contribution in [2.75, 3.05) is 24.5 Å². The molecule has 0 bridgehead atoms. The van der Waals surface area contributed by atoms with Crippen LogP contribution in [0.2, 0.25) is 0 Å². The van der Waals surface area contributed by atoms with Gasteiger partial charge in [-0.15, -0.1) is 0 Å². The quantitative estimate of drug-likeness (QED) is 0.171. The van der Waals surface area contributed by atoms with Gasteiger partial charge >= 0.3 is 0 Å². The predicted octanol–water partition coefficient (Wildman–Crippen LogP) is 4.13. The molecule has 0 heterocycles. The molecule has 0 aliphatic rings. The zero-order chi connectivity index (χ0) is 30.0. The first-order chi connectivity index (χ1) is 19.6. The molecule has 0 saturated carbocycles. The van der Waals surface area contributed by atoms with Gasteiger partial charge in [0.15, 0.2) is 0 Å². The number of hydrogen-bond acceptors (Lipinski definition) is 7. The number of sulfonamides is 1. The minimum Gasteiger partial charge on any atom is -0.497 e. The van der Waals surface area contributed by atoms with Crippen molar-refractivity contribution in [1.29, 1.82) is 0 Å². The first kappa shape index (κ1) is 31.1. The van der Waals surface area contributed by atoms with E-state index >= 15 is 0 Å². The van der Waals surface area contributed by atoms with Crippen molar-refractivity contribution in [1.82, 2.24) is 10.2 Å². The molecule has 3 rings (SSSR count). The SMILES string of the molecule is CCCCNC(=O)C(C)N(Cc1ccc(OC)cc1)C(=O)CN(c1cccc([N+](=O)[O-])c1)S(=O)(=O)c1ccccc1. The molecule has 0 aliphatic carbocycles. The van der Waals surface area contributed by atoms with Crippen LogP contribution in [-0.4, -0.2) is 56.3 Å². The Morgan fingerprint density at radius 2 is 1.71 bits per heavy atom. The Kier molecular flexibility index (Phi) is 10.8. The summed E-state index contributed by atoms with van der Waals surface area (Å²) in [5.41, 5.74) is 0.308. The smallest absolute Gasteiger partial charge is 0.271 e. The second kappa shape index (κ2) is 14.3. The van der Waals surface area contributed by atoms with E-state index in [1.807, 2.05) is 6.92 Å². The van der Waals surface area contributed by atoms with Gasteiger partial charge < -0.3 is 15.0 Å². The molecule has 12 heteroatoms. The average Bonchev–Trinajstić information content (AvgIpc) is 2.99. The number of rotatable bonds is 14. The number of nitrogens with one attached hydrogen (secondary N) is 1. The maximum atomic E-state index is 13.9. The largest absolute Gasteiger partial charge is 0.497 e. The molecule has 0 radical (unpaired) electrons. The molecule has 11 nitrogen and oxygen atoms in total. The lowest BCUT2D eigenvalue weighted by molar-refractivity contribution is -0.384. The molecule has 0 saturated heterocycles. The van der Waals surface area contributed by atoms with Gasteiger partial charge in [-0.3, -0.25) is 24.0 Å². The van der Waals surface area contributed by atoms with E-state index in [2.05, 4.69) is 5.32 Å². The Labute approximate surface area is 239 Å². The number of hydrogen-bond donors (Lipinski definition) is 1. The van der Waals surface area contributed by atoms with E-state index in [9.17, 15) is 28.1 Å². The lowest BCUT2D eigenvalue weighted by Gasteiger charge is -2.32. The molecule has 1 atom stereocenters. The highest BCUT2D eigenvalue weighted by molar-refractivity contribution is 7.92. The zero-order valence-corrected chi connectivity index (χ0v) is 24.0. The van der Waals surface area contributed by atoms with Crippen molar-refractivity contribution in [2.24, 2.45) is 0 Å². The van der Waals surface area contributed by atoms with Crippen LogP contribution in [-0.2, 0) is 26.2 Å². The summed E-state index contributed by atoms with van der Waals surface area (Å²) < 4.78 is 33.6. The van der Waals surface area contributed by atoms with E-state index in [4.69, 9.17) is 4.74 Å². The maximum Gasteiger partial charge on any atom is 0.271 e.